The van der Waals surface area contributed by atoms with E-state index in [0.717, 1.165) is 35.1 Å². The van der Waals surface area contributed by atoms with Crippen LogP contribution in [-0.4, -0.2) is 41.5 Å². The van der Waals surface area contributed by atoms with Gasteiger partial charge in [-0.05, 0) is 63.3 Å². The van der Waals surface area contributed by atoms with Crippen molar-refractivity contribution in [1.29, 1.82) is 0 Å². The van der Waals surface area contributed by atoms with Crippen LogP contribution in [-0.2, 0) is 20.9 Å². The molecule has 7 heteroatoms. The Balaban J connectivity index is 2.31. The second-order valence-electron chi connectivity index (χ2n) is 9.75. The third-order valence-corrected chi connectivity index (χ3v) is 5.57. The molecule has 0 saturated carbocycles. The summed E-state index contributed by atoms with van der Waals surface area (Å²) < 4.78 is 5.26. The van der Waals surface area contributed by atoms with Crippen LogP contribution in [0.4, 0.5) is 4.79 Å². The van der Waals surface area contributed by atoms with Gasteiger partial charge in [0, 0.05) is 13.1 Å². The maximum atomic E-state index is 13.5. The molecule has 0 aliphatic carbocycles. The standard InChI is InChI=1S/C28H39N3O4/c1-7-8-16-31(24(32)19-30-27(34)35-28(4,5)6)25(23-15-14-20(2)21(3)17-23)26(33)29-18-22-12-10-9-11-13-22/h9-15,17,25H,7-8,16,18-19H2,1-6H3,(H,29,33)(H,30,34). The molecule has 7 nitrogen and oxygen atoms in total. The van der Waals surface area contributed by atoms with Gasteiger partial charge in [-0.3, -0.25) is 9.59 Å². The van der Waals surface area contributed by atoms with Crippen molar-refractivity contribution in [3.05, 3.63) is 70.8 Å². The summed E-state index contributed by atoms with van der Waals surface area (Å²) in [7, 11) is 0. The van der Waals surface area contributed by atoms with E-state index in [1.54, 1.807) is 25.7 Å². The molecule has 1 atom stereocenters. The largest absolute Gasteiger partial charge is 0.444 e. The average Bonchev–Trinajstić information content (AvgIpc) is 2.80. The minimum absolute atomic E-state index is 0.258. The summed E-state index contributed by atoms with van der Waals surface area (Å²) >= 11 is 0. The number of carbonyl (C=O) groups excluding carboxylic acids is 3. The summed E-state index contributed by atoms with van der Waals surface area (Å²) in [5, 5.41) is 5.53. The molecule has 2 N–H and O–H groups in total. The van der Waals surface area contributed by atoms with Gasteiger partial charge in [0.05, 0.1) is 0 Å². The molecule has 2 rings (SSSR count). The molecule has 0 aliphatic heterocycles. The van der Waals surface area contributed by atoms with Crippen molar-refractivity contribution in [3.8, 4) is 0 Å². The van der Waals surface area contributed by atoms with Crippen LogP contribution >= 0.6 is 0 Å². The molecule has 35 heavy (non-hydrogen) atoms. The molecule has 2 aromatic carbocycles. The van der Waals surface area contributed by atoms with Crippen molar-refractivity contribution in [3.63, 3.8) is 0 Å². The van der Waals surface area contributed by atoms with Gasteiger partial charge in [-0.1, -0.05) is 61.9 Å². The molecule has 0 aliphatic rings. The highest BCUT2D eigenvalue weighted by molar-refractivity contribution is 5.90. The smallest absolute Gasteiger partial charge is 0.408 e. The number of amides is 3. The minimum atomic E-state index is -0.822. The second-order valence-corrected chi connectivity index (χ2v) is 9.75. The third-order valence-electron chi connectivity index (χ3n) is 5.57. The van der Waals surface area contributed by atoms with Gasteiger partial charge in [-0.25, -0.2) is 4.79 Å². The van der Waals surface area contributed by atoms with Gasteiger partial charge in [0.15, 0.2) is 0 Å². The summed E-state index contributed by atoms with van der Waals surface area (Å²) in [6.07, 6.45) is 0.914. The zero-order valence-electron chi connectivity index (χ0n) is 21.8. The van der Waals surface area contributed by atoms with Crippen LogP contribution in [0, 0.1) is 13.8 Å². The van der Waals surface area contributed by atoms with E-state index < -0.39 is 17.7 Å². The zero-order chi connectivity index (χ0) is 26.0. The van der Waals surface area contributed by atoms with E-state index in [2.05, 4.69) is 10.6 Å². The number of aryl methyl sites for hydroxylation is 2. The molecule has 1 unspecified atom stereocenters. The van der Waals surface area contributed by atoms with E-state index in [9.17, 15) is 14.4 Å². The number of unbranched alkanes of at least 4 members (excludes halogenated alkanes) is 1. The highest BCUT2D eigenvalue weighted by Crippen LogP contribution is 2.25. The van der Waals surface area contributed by atoms with Crippen LogP contribution in [0.1, 0.15) is 68.8 Å². The van der Waals surface area contributed by atoms with Crippen LogP contribution in [0.15, 0.2) is 48.5 Å². The molecule has 0 bridgehead atoms. The van der Waals surface area contributed by atoms with Gasteiger partial charge >= 0.3 is 6.09 Å². The summed E-state index contributed by atoms with van der Waals surface area (Å²) in [5.74, 6) is -0.610. The number of carbonyl (C=O) groups is 3. The fraction of sp³-hybridized carbons (Fsp3) is 0.464. The maximum Gasteiger partial charge on any atom is 0.408 e. The molecule has 0 spiro atoms. The van der Waals surface area contributed by atoms with Crippen molar-refractivity contribution in [1.82, 2.24) is 15.5 Å². The van der Waals surface area contributed by atoms with E-state index in [4.69, 9.17) is 4.74 Å². The average molecular weight is 482 g/mol. The summed E-state index contributed by atoms with van der Waals surface area (Å²) in [5.41, 5.74) is 3.18. The third kappa shape index (κ3) is 9.08. The second kappa shape index (κ2) is 12.9. The minimum Gasteiger partial charge on any atom is -0.444 e. The lowest BCUT2D eigenvalue weighted by Crippen LogP contribution is -2.48. The van der Waals surface area contributed by atoms with Crippen molar-refractivity contribution in [2.24, 2.45) is 0 Å². The molecule has 0 radical (unpaired) electrons. The predicted octanol–water partition coefficient (Wildman–Crippen LogP) is 4.81. The molecule has 0 heterocycles. The van der Waals surface area contributed by atoms with E-state index in [0.29, 0.717) is 13.1 Å². The Labute approximate surface area is 209 Å². The Morgan fingerprint density at radius 3 is 2.26 bits per heavy atom. The number of hydrogen-bond acceptors (Lipinski definition) is 4. The molecule has 3 amide bonds. The number of rotatable bonds is 10. The van der Waals surface area contributed by atoms with Crippen LogP contribution in [0.3, 0.4) is 0 Å². The lowest BCUT2D eigenvalue weighted by molar-refractivity contribution is -0.140. The Hall–Kier alpha value is -3.35. The van der Waals surface area contributed by atoms with Crippen LogP contribution in [0.25, 0.3) is 0 Å². The van der Waals surface area contributed by atoms with Crippen LogP contribution < -0.4 is 10.6 Å². The van der Waals surface area contributed by atoms with Gasteiger partial charge in [-0.15, -0.1) is 0 Å². The lowest BCUT2D eigenvalue weighted by atomic mass is 9.98. The van der Waals surface area contributed by atoms with E-state index in [-0.39, 0.29) is 18.4 Å². The highest BCUT2D eigenvalue weighted by atomic mass is 16.6. The van der Waals surface area contributed by atoms with Crippen molar-refractivity contribution in [2.75, 3.05) is 13.1 Å². The van der Waals surface area contributed by atoms with Crippen LogP contribution in [0.2, 0.25) is 0 Å². The van der Waals surface area contributed by atoms with Crippen molar-refractivity contribution in [2.45, 2.75) is 72.6 Å². The first-order chi connectivity index (χ1) is 16.5. The molecule has 0 saturated heterocycles. The molecular formula is C28H39N3O4. The molecular weight excluding hydrogens is 442 g/mol. The first-order valence-electron chi connectivity index (χ1n) is 12.2. The van der Waals surface area contributed by atoms with Gasteiger partial charge < -0.3 is 20.3 Å². The molecule has 2 aromatic rings. The Kier molecular flexibility index (Phi) is 10.3. The van der Waals surface area contributed by atoms with E-state index in [1.165, 1.54) is 0 Å². The number of hydrogen-bond donors (Lipinski definition) is 2. The first kappa shape index (κ1) is 27.9. The number of nitrogens with one attached hydrogen (secondary N) is 2. The monoisotopic (exact) mass is 481 g/mol. The fourth-order valence-electron chi connectivity index (χ4n) is 3.58. The number of nitrogens with zero attached hydrogens (tertiary/aromatic N) is 1. The summed E-state index contributed by atoms with van der Waals surface area (Å²) in [6, 6.07) is 14.6. The SMILES string of the molecule is CCCCN(C(=O)CNC(=O)OC(C)(C)C)C(C(=O)NCc1ccccc1)c1ccc(C)c(C)c1. The van der Waals surface area contributed by atoms with Crippen molar-refractivity contribution < 1.29 is 19.1 Å². The van der Waals surface area contributed by atoms with Gasteiger partial charge in [0.2, 0.25) is 11.8 Å². The van der Waals surface area contributed by atoms with E-state index >= 15 is 0 Å². The topological polar surface area (TPSA) is 87.7 Å². The fourth-order valence-corrected chi connectivity index (χ4v) is 3.58. The Bertz CT molecular complexity index is 999. The first-order valence-corrected chi connectivity index (χ1v) is 12.2. The predicted molar refractivity (Wildman–Crippen MR) is 138 cm³/mol. The Morgan fingerprint density at radius 1 is 0.971 bits per heavy atom. The van der Waals surface area contributed by atoms with Gasteiger partial charge in [0.25, 0.3) is 0 Å². The maximum absolute atomic E-state index is 13.5. The molecule has 190 valence electrons. The normalized spacial score (nSPS) is 11.9. The van der Waals surface area contributed by atoms with E-state index in [1.807, 2.05) is 69.3 Å². The Morgan fingerprint density at radius 2 is 1.66 bits per heavy atom. The summed E-state index contributed by atoms with van der Waals surface area (Å²) in [6.45, 7) is 11.8. The van der Waals surface area contributed by atoms with Gasteiger partial charge in [-0.2, -0.15) is 0 Å². The molecule has 0 aromatic heterocycles. The molecule has 0 fully saturated rings. The number of benzene rings is 2. The van der Waals surface area contributed by atoms with Gasteiger partial charge in [0.1, 0.15) is 18.2 Å². The van der Waals surface area contributed by atoms with Crippen LogP contribution in [0.5, 0.6) is 0 Å². The van der Waals surface area contributed by atoms with Crippen molar-refractivity contribution >= 4 is 17.9 Å². The lowest BCUT2D eigenvalue weighted by Gasteiger charge is -2.32. The number of alkyl carbamates (subject to hydrolysis) is 1. The highest BCUT2D eigenvalue weighted by Gasteiger charge is 2.31. The summed E-state index contributed by atoms with van der Waals surface area (Å²) in [4.78, 5) is 40.6. The zero-order valence-corrected chi connectivity index (χ0v) is 21.8. The number of ether oxygens (including phenoxy) is 1. The quantitative estimate of drug-likeness (QED) is 0.510.